The number of hydrogen-bond acceptors (Lipinski definition) is 4. The number of hydrogen-bond donors (Lipinski definition) is 1. The van der Waals surface area contributed by atoms with Gasteiger partial charge in [0.1, 0.15) is 10.8 Å². The van der Waals surface area contributed by atoms with Crippen LogP contribution in [0, 0.1) is 5.82 Å². The normalized spacial score (nSPS) is 10.6. The minimum Gasteiger partial charge on any atom is -0.351 e. The molecule has 1 aromatic carbocycles. The van der Waals surface area contributed by atoms with Gasteiger partial charge in [-0.3, -0.25) is 4.79 Å². The second kappa shape index (κ2) is 6.37. The molecule has 112 valence electrons. The summed E-state index contributed by atoms with van der Waals surface area (Å²) in [6.45, 7) is 2.03. The number of nitrogens with one attached hydrogen (secondary N) is 1. The first kappa shape index (κ1) is 14.9. The summed E-state index contributed by atoms with van der Waals surface area (Å²) in [6, 6.07) is 10.4. The maximum Gasteiger partial charge on any atom is 0.217 e. The third kappa shape index (κ3) is 3.40. The molecule has 3 nitrogen and oxygen atoms in total. The topological polar surface area (TPSA) is 42.0 Å². The molecule has 0 bridgehead atoms. The molecule has 0 aliphatic rings. The lowest BCUT2D eigenvalue weighted by Gasteiger charge is -1.97. The SMILES string of the molecule is CC(=O)NCc1ccc(-c2csc(-c3cccc(F)c3)n2)s1. The molecular weight excluding hydrogens is 319 g/mol. The van der Waals surface area contributed by atoms with E-state index in [0.717, 1.165) is 26.0 Å². The van der Waals surface area contributed by atoms with Gasteiger partial charge in [0, 0.05) is 22.7 Å². The Morgan fingerprint density at radius 3 is 2.95 bits per heavy atom. The van der Waals surface area contributed by atoms with Gasteiger partial charge in [-0.2, -0.15) is 0 Å². The predicted octanol–water partition coefficient (Wildman–Crippen LogP) is 4.31. The fourth-order valence-electron chi connectivity index (χ4n) is 1.96. The molecule has 0 aliphatic carbocycles. The lowest BCUT2D eigenvalue weighted by atomic mass is 10.2. The maximum absolute atomic E-state index is 13.3. The van der Waals surface area contributed by atoms with Crippen molar-refractivity contribution in [1.82, 2.24) is 10.3 Å². The van der Waals surface area contributed by atoms with E-state index in [9.17, 15) is 9.18 Å². The van der Waals surface area contributed by atoms with Crippen molar-refractivity contribution in [2.75, 3.05) is 0 Å². The van der Waals surface area contributed by atoms with Crippen molar-refractivity contribution in [2.45, 2.75) is 13.5 Å². The summed E-state index contributed by atoms with van der Waals surface area (Å²) in [5.74, 6) is -0.306. The summed E-state index contributed by atoms with van der Waals surface area (Å²) in [5.41, 5.74) is 1.66. The van der Waals surface area contributed by atoms with Crippen molar-refractivity contribution in [2.24, 2.45) is 0 Å². The number of aromatic nitrogens is 1. The zero-order valence-electron chi connectivity index (χ0n) is 11.8. The number of halogens is 1. The Bertz CT molecular complexity index is 810. The Morgan fingerprint density at radius 1 is 1.32 bits per heavy atom. The highest BCUT2D eigenvalue weighted by Crippen LogP contribution is 2.32. The number of amides is 1. The molecule has 0 radical (unpaired) electrons. The Morgan fingerprint density at radius 2 is 2.18 bits per heavy atom. The average Bonchev–Trinajstić information content (AvgIpc) is 3.14. The molecule has 2 heterocycles. The Balaban J connectivity index is 1.80. The lowest BCUT2D eigenvalue weighted by molar-refractivity contribution is -0.119. The quantitative estimate of drug-likeness (QED) is 0.773. The van der Waals surface area contributed by atoms with E-state index < -0.39 is 0 Å². The largest absolute Gasteiger partial charge is 0.351 e. The van der Waals surface area contributed by atoms with Crippen LogP contribution in [0.4, 0.5) is 4.39 Å². The molecule has 1 N–H and O–H groups in total. The first-order chi connectivity index (χ1) is 10.6. The number of benzene rings is 1. The summed E-state index contributed by atoms with van der Waals surface area (Å²) in [5, 5.41) is 5.54. The van der Waals surface area contributed by atoms with Crippen molar-refractivity contribution in [1.29, 1.82) is 0 Å². The van der Waals surface area contributed by atoms with Gasteiger partial charge in [-0.05, 0) is 24.3 Å². The van der Waals surface area contributed by atoms with E-state index in [1.165, 1.54) is 30.4 Å². The predicted molar refractivity (Wildman–Crippen MR) is 88.3 cm³/mol. The van der Waals surface area contributed by atoms with Gasteiger partial charge >= 0.3 is 0 Å². The third-order valence-electron chi connectivity index (χ3n) is 3.00. The summed E-state index contributed by atoms with van der Waals surface area (Å²) < 4.78 is 13.3. The van der Waals surface area contributed by atoms with Crippen LogP contribution in [0.2, 0.25) is 0 Å². The van der Waals surface area contributed by atoms with Crippen LogP contribution in [-0.2, 0) is 11.3 Å². The highest BCUT2D eigenvalue weighted by molar-refractivity contribution is 7.16. The van der Waals surface area contributed by atoms with Gasteiger partial charge in [-0.25, -0.2) is 9.37 Å². The van der Waals surface area contributed by atoms with Gasteiger partial charge in [-0.15, -0.1) is 22.7 Å². The number of carbonyl (C=O) groups is 1. The van der Waals surface area contributed by atoms with Crippen LogP contribution in [0.1, 0.15) is 11.8 Å². The standard InChI is InChI=1S/C16H13FN2OS2/c1-10(20)18-8-13-5-6-15(22-13)14-9-21-16(19-14)11-3-2-4-12(17)7-11/h2-7,9H,8H2,1H3,(H,18,20). The maximum atomic E-state index is 13.3. The van der Waals surface area contributed by atoms with Gasteiger partial charge in [0.25, 0.3) is 0 Å². The Labute approximate surface area is 135 Å². The van der Waals surface area contributed by atoms with Crippen LogP contribution in [0.25, 0.3) is 21.1 Å². The molecule has 0 spiro atoms. The molecule has 0 atom stereocenters. The summed E-state index contributed by atoms with van der Waals surface area (Å²) >= 11 is 3.09. The van der Waals surface area contributed by atoms with Crippen molar-refractivity contribution in [3.05, 3.63) is 52.5 Å². The fourth-order valence-corrected chi connectivity index (χ4v) is 3.76. The average molecular weight is 332 g/mol. The molecule has 0 saturated heterocycles. The number of thiophene rings is 1. The zero-order chi connectivity index (χ0) is 15.5. The molecule has 1 amide bonds. The molecular formula is C16H13FN2OS2. The summed E-state index contributed by atoms with van der Waals surface area (Å²) in [6.07, 6.45) is 0. The highest BCUT2D eigenvalue weighted by Gasteiger charge is 2.09. The van der Waals surface area contributed by atoms with Crippen LogP contribution >= 0.6 is 22.7 Å². The van der Waals surface area contributed by atoms with E-state index >= 15 is 0 Å². The van der Waals surface area contributed by atoms with E-state index in [1.54, 1.807) is 17.4 Å². The highest BCUT2D eigenvalue weighted by atomic mass is 32.1. The smallest absolute Gasteiger partial charge is 0.217 e. The summed E-state index contributed by atoms with van der Waals surface area (Å²) in [4.78, 5) is 17.6. The first-order valence-electron chi connectivity index (χ1n) is 6.67. The van der Waals surface area contributed by atoms with Crippen molar-refractivity contribution < 1.29 is 9.18 Å². The van der Waals surface area contributed by atoms with Gasteiger partial charge in [0.05, 0.1) is 17.1 Å². The molecule has 0 saturated carbocycles. The second-order valence-corrected chi connectivity index (χ2v) is 6.75. The molecule has 3 rings (SSSR count). The van der Waals surface area contributed by atoms with Crippen molar-refractivity contribution >= 4 is 28.6 Å². The molecule has 0 unspecified atom stereocenters. The molecule has 22 heavy (non-hydrogen) atoms. The van der Waals surface area contributed by atoms with Gasteiger partial charge in [0.2, 0.25) is 5.91 Å². The van der Waals surface area contributed by atoms with Gasteiger partial charge in [0.15, 0.2) is 0 Å². The van der Waals surface area contributed by atoms with E-state index in [-0.39, 0.29) is 11.7 Å². The van der Waals surface area contributed by atoms with Gasteiger partial charge < -0.3 is 5.32 Å². The first-order valence-corrected chi connectivity index (χ1v) is 8.36. The summed E-state index contributed by atoms with van der Waals surface area (Å²) in [7, 11) is 0. The second-order valence-electron chi connectivity index (χ2n) is 4.72. The number of thiazole rings is 1. The minimum atomic E-state index is -0.261. The molecule has 0 fully saturated rings. The van der Waals surface area contributed by atoms with E-state index in [4.69, 9.17) is 0 Å². The fraction of sp³-hybridized carbons (Fsp3) is 0.125. The van der Waals surface area contributed by atoms with Crippen LogP contribution in [-0.4, -0.2) is 10.9 Å². The molecule has 0 aliphatic heterocycles. The third-order valence-corrected chi connectivity index (χ3v) is 5.00. The van der Waals surface area contributed by atoms with Crippen LogP contribution in [0.15, 0.2) is 41.8 Å². The molecule has 3 aromatic rings. The lowest BCUT2D eigenvalue weighted by Crippen LogP contribution is -2.17. The Hall–Kier alpha value is -2.05. The number of carbonyl (C=O) groups excluding carboxylic acids is 1. The molecule has 2 aromatic heterocycles. The van der Waals surface area contributed by atoms with Crippen LogP contribution in [0.5, 0.6) is 0 Å². The monoisotopic (exact) mass is 332 g/mol. The van der Waals surface area contributed by atoms with Crippen LogP contribution < -0.4 is 5.32 Å². The number of nitrogens with zero attached hydrogens (tertiary/aromatic N) is 1. The molecule has 6 heteroatoms. The minimum absolute atomic E-state index is 0.0444. The van der Waals surface area contributed by atoms with Crippen molar-refractivity contribution in [3.63, 3.8) is 0 Å². The van der Waals surface area contributed by atoms with Crippen LogP contribution in [0.3, 0.4) is 0 Å². The van der Waals surface area contributed by atoms with E-state index in [0.29, 0.717) is 6.54 Å². The zero-order valence-corrected chi connectivity index (χ0v) is 13.4. The van der Waals surface area contributed by atoms with E-state index in [2.05, 4.69) is 10.3 Å². The number of rotatable bonds is 4. The van der Waals surface area contributed by atoms with Gasteiger partial charge in [-0.1, -0.05) is 12.1 Å². The van der Waals surface area contributed by atoms with Crippen molar-refractivity contribution in [3.8, 4) is 21.1 Å². The van der Waals surface area contributed by atoms with E-state index in [1.807, 2.05) is 23.6 Å². The Kier molecular flexibility index (Phi) is 4.31.